The van der Waals surface area contributed by atoms with Crippen molar-refractivity contribution in [3.63, 3.8) is 0 Å². The predicted molar refractivity (Wildman–Crippen MR) is 68.2 cm³/mol. The van der Waals surface area contributed by atoms with Gasteiger partial charge in [-0.05, 0) is 49.3 Å². The van der Waals surface area contributed by atoms with Crippen molar-refractivity contribution in [1.82, 2.24) is 0 Å². The van der Waals surface area contributed by atoms with E-state index in [9.17, 15) is 9.90 Å². The lowest BCUT2D eigenvalue weighted by atomic mass is 9.72. The van der Waals surface area contributed by atoms with Gasteiger partial charge in [0.05, 0.1) is 5.41 Å². The van der Waals surface area contributed by atoms with Crippen molar-refractivity contribution in [1.29, 1.82) is 0 Å². The van der Waals surface area contributed by atoms with E-state index in [2.05, 4.69) is 19.9 Å². The van der Waals surface area contributed by atoms with E-state index in [1.807, 2.05) is 19.1 Å². The molecular weight excluding hydrogens is 212 g/mol. The fourth-order valence-corrected chi connectivity index (χ4v) is 3.07. The molecule has 2 unspecified atom stereocenters. The Morgan fingerprint density at radius 2 is 2.06 bits per heavy atom. The molecule has 2 nitrogen and oxygen atoms in total. The van der Waals surface area contributed by atoms with Gasteiger partial charge >= 0.3 is 5.97 Å². The molecule has 0 aliphatic heterocycles. The fraction of sp³-hybridized carbons (Fsp3) is 0.533. The summed E-state index contributed by atoms with van der Waals surface area (Å²) in [5.74, 6) is -0.437. The average Bonchev–Trinajstić information content (AvgIpc) is 2.65. The standard InChI is InChI=1S/C15H20O2/c1-10-6-7-13(9-11(10)2)15(14(16)17)8-4-5-12(15)3/h6-7,9,12H,4-5,8H2,1-3H3,(H,16,17). The molecule has 0 aromatic heterocycles. The second-order valence-electron chi connectivity index (χ2n) is 5.37. The smallest absolute Gasteiger partial charge is 0.314 e. The van der Waals surface area contributed by atoms with Crippen molar-refractivity contribution in [3.8, 4) is 0 Å². The number of carboxylic acid groups (broad SMARTS) is 1. The number of carbonyl (C=O) groups is 1. The molecule has 17 heavy (non-hydrogen) atoms. The lowest BCUT2D eigenvalue weighted by Gasteiger charge is -2.30. The minimum Gasteiger partial charge on any atom is -0.481 e. The summed E-state index contributed by atoms with van der Waals surface area (Å²) in [5.41, 5.74) is 2.73. The third-order valence-corrected chi connectivity index (χ3v) is 4.45. The number of benzene rings is 1. The molecule has 0 radical (unpaired) electrons. The molecule has 1 fully saturated rings. The van der Waals surface area contributed by atoms with Crippen LogP contribution >= 0.6 is 0 Å². The van der Waals surface area contributed by atoms with Gasteiger partial charge in [0.15, 0.2) is 0 Å². The quantitative estimate of drug-likeness (QED) is 0.848. The number of carboxylic acids is 1. The minimum absolute atomic E-state index is 0.224. The molecular formula is C15H20O2. The van der Waals surface area contributed by atoms with E-state index in [4.69, 9.17) is 0 Å². The first-order valence-electron chi connectivity index (χ1n) is 6.29. The van der Waals surface area contributed by atoms with Crippen LogP contribution in [0.3, 0.4) is 0 Å². The number of aryl methyl sites for hydroxylation is 2. The molecule has 2 rings (SSSR count). The van der Waals surface area contributed by atoms with Crippen LogP contribution in [0.5, 0.6) is 0 Å². The van der Waals surface area contributed by atoms with Crippen molar-refractivity contribution in [2.24, 2.45) is 5.92 Å². The summed E-state index contributed by atoms with van der Waals surface area (Å²) >= 11 is 0. The topological polar surface area (TPSA) is 37.3 Å². The number of aliphatic carboxylic acids is 1. The van der Waals surface area contributed by atoms with Gasteiger partial charge in [0.2, 0.25) is 0 Å². The maximum atomic E-state index is 11.7. The van der Waals surface area contributed by atoms with Gasteiger partial charge in [-0.1, -0.05) is 31.5 Å². The Morgan fingerprint density at radius 3 is 2.53 bits per heavy atom. The molecule has 2 atom stereocenters. The van der Waals surface area contributed by atoms with E-state index in [1.165, 1.54) is 11.1 Å². The fourth-order valence-electron chi connectivity index (χ4n) is 3.07. The number of rotatable bonds is 2. The summed E-state index contributed by atoms with van der Waals surface area (Å²) in [7, 11) is 0. The summed E-state index contributed by atoms with van der Waals surface area (Å²) in [6, 6.07) is 6.10. The molecule has 1 aromatic carbocycles. The summed E-state index contributed by atoms with van der Waals surface area (Å²) in [4.78, 5) is 11.7. The van der Waals surface area contributed by atoms with Crippen LogP contribution in [0.1, 0.15) is 42.9 Å². The largest absolute Gasteiger partial charge is 0.481 e. The molecule has 1 aromatic rings. The van der Waals surface area contributed by atoms with E-state index >= 15 is 0 Å². The van der Waals surface area contributed by atoms with Crippen LogP contribution in [0.4, 0.5) is 0 Å². The zero-order chi connectivity index (χ0) is 12.6. The molecule has 1 saturated carbocycles. The number of hydrogen-bond acceptors (Lipinski definition) is 1. The van der Waals surface area contributed by atoms with E-state index in [1.54, 1.807) is 0 Å². The van der Waals surface area contributed by atoms with Crippen molar-refractivity contribution in [3.05, 3.63) is 34.9 Å². The Balaban J connectivity index is 2.54. The summed E-state index contributed by atoms with van der Waals surface area (Å²) in [5, 5.41) is 9.65. The van der Waals surface area contributed by atoms with Gasteiger partial charge in [0.25, 0.3) is 0 Å². The summed E-state index contributed by atoms with van der Waals surface area (Å²) < 4.78 is 0. The third-order valence-electron chi connectivity index (χ3n) is 4.45. The Kier molecular flexibility index (Phi) is 2.98. The van der Waals surface area contributed by atoms with Gasteiger partial charge < -0.3 is 5.11 Å². The van der Waals surface area contributed by atoms with Crippen LogP contribution < -0.4 is 0 Å². The Bertz CT molecular complexity index is 450. The highest BCUT2D eigenvalue weighted by Crippen LogP contribution is 2.46. The Labute approximate surface area is 103 Å². The second-order valence-corrected chi connectivity index (χ2v) is 5.37. The first-order valence-corrected chi connectivity index (χ1v) is 6.29. The van der Waals surface area contributed by atoms with Gasteiger partial charge in [0, 0.05) is 0 Å². The normalized spacial score (nSPS) is 28.3. The summed E-state index contributed by atoms with van der Waals surface area (Å²) in [6.45, 7) is 6.18. The van der Waals surface area contributed by atoms with Crippen LogP contribution in [0, 0.1) is 19.8 Å². The molecule has 1 N–H and O–H groups in total. The maximum absolute atomic E-state index is 11.7. The van der Waals surface area contributed by atoms with Gasteiger partial charge in [-0.25, -0.2) is 0 Å². The minimum atomic E-state index is -0.661. The van der Waals surface area contributed by atoms with Crippen molar-refractivity contribution in [2.75, 3.05) is 0 Å². The summed E-state index contributed by atoms with van der Waals surface area (Å²) in [6.07, 6.45) is 2.80. The average molecular weight is 232 g/mol. The Hall–Kier alpha value is -1.31. The molecule has 1 aliphatic carbocycles. The SMILES string of the molecule is Cc1ccc(C2(C(=O)O)CCCC2C)cc1C. The van der Waals surface area contributed by atoms with Gasteiger partial charge in [-0.15, -0.1) is 0 Å². The molecule has 0 spiro atoms. The third kappa shape index (κ3) is 1.76. The zero-order valence-electron chi connectivity index (χ0n) is 10.8. The van der Waals surface area contributed by atoms with E-state index < -0.39 is 11.4 Å². The monoisotopic (exact) mass is 232 g/mol. The van der Waals surface area contributed by atoms with E-state index in [0.717, 1.165) is 24.8 Å². The molecule has 0 saturated heterocycles. The zero-order valence-corrected chi connectivity index (χ0v) is 10.8. The number of hydrogen-bond donors (Lipinski definition) is 1. The maximum Gasteiger partial charge on any atom is 0.314 e. The van der Waals surface area contributed by atoms with E-state index in [0.29, 0.717) is 0 Å². The second kappa shape index (κ2) is 4.17. The lowest BCUT2D eigenvalue weighted by molar-refractivity contribution is -0.145. The van der Waals surface area contributed by atoms with Crippen LogP contribution in [-0.4, -0.2) is 11.1 Å². The van der Waals surface area contributed by atoms with E-state index in [-0.39, 0.29) is 5.92 Å². The van der Waals surface area contributed by atoms with Crippen LogP contribution in [-0.2, 0) is 10.2 Å². The van der Waals surface area contributed by atoms with Crippen LogP contribution in [0.25, 0.3) is 0 Å². The van der Waals surface area contributed by atoms with Crippen LogP contribution in [0.15, 0.2) is 18.2 Å². The molecule has 92 valence electrons. The molecule has 2 heteroatoms. The van der Waals surface area contributed by atoms with Crippen molar-refractivity contribution in [2.45, 2.75) is 45.4 Å². The Morgan fingerprint density at radius 1 is 1.35 bits per heavy atom. The highest BCUT2D eigenvalue weighted by atomic mass is 16.4. The molecule has 0 heterocycles. The van der Waals surface area contributed by atoms with Gasteiger partial charge in [0.1, 0.15) is 0 Å². The highest BCUT2D eigenvalue weighted by Gasteiger charge is 2.48. The predicted octanol–water partition coefficient (Wildman–Crippen LogP) is 3.45. The van der Waals surface area contributed by atoms with Crippen LogP contribution in [0.2, 0.25) is 0 Å². The van der Waals surface area contributed by atoms with Crippen molar-refractivity contribution < 1.29 is 9.90 Å². The van der Waals surface area contributed by atoms with Gasteiger partial charge in [-0.2, -0.15) is 0 Å². The molecule has 1 aliphatic rings. The van der Waals surface area contributed by atoms with Gasteiger partial charge in [-0.3, -0.25) is 4.79 Å². The molecule has 0 bridgehead atoms. The highest BCUT2D eigenvalue weighted by molar-refractivity contribution is 5.82. The first kappa shape index (κ1) is 12.2. The first-order chi connectivity index (χ1) is 7.98. The lowest BCUT2D eigenvalue weighted by Crippen LogP contribution is -2.38. The van der Waals surface area contributed by atoms with Crippen molar-refractivity contribution >= 4 is 5.97 Å². The molecule has 0 amide bonds.